The summed E-state index contributed by atoms with van der Waals surface area (Å²) in [6, 6.07) is 0. The molecule has 1 rings (SSSR count). The Hall–Kier alpha value is -0.520. The highest BCUT2D eigenvalue weighted by atomic mass is 14.4. The molecule has 74 valence electrons. The molecule has 0 aromatic rings. The van der Waals surface area contributed by atoms with Gasteiger partial charge in [-0.25, -0.2) is 0 Å². The van der Waals surface area contributed by atoms with Gasteiger partial charge in [-0.05, 0) is 23.7 Å². The smallest absolute Gasteiger partial charge is 0.0110 e. The molecule has 0 aromatic heterocycles. The number of rotatable bonds is 3. The van der Waals surface area contributed by atoms with E-state index in [4.69, 9.17) is 0 Å². The van der Waals surface area contributed by atoms with E-state index in [0.29, 0.717) is 5.41 Å². The second-order valence-corrected chi connectivity index (χ2v) is 5.08. The molecule has 0 saturated carbocycles. The van der Waals surface area contributed by atoms with Crippen molar-refractivity contribution in [3.63, 3.8) is 0 Å². The van der Waals surface area contributed by atoms with Crippen molar-refractivity contribution in [3.8, 4) is 0 Å². The minimum absolute atomic E-state index is 0.359. The minimum atomic E-state index is 0.359. The summed E-state index contributed by atoms with van der Waals surface area (Å²) in [5.41, 5.74) is 1.95. The van der Waals surface area contributed by atoms with E-state index in [2.05, 4.69) is 52.8 Å². The summed E-state index contributed by atoms with van der Waals surface area (Å²) in [7, 11) is 0. The molecule has 0 bridgehead atoms. The summed E-state index contributed by atoms with van der Waals surface area (Å²) in [5.74, 6) is 1.51. The monoisotopic (exact) mass is 178 g/mol. The van der Waals surface area contributed by atoms with Gasteiger partial charge in [0.25, 0.3) is 0 Å². The first-order valence-electron chi connectivity index (χ1n) is 5.32. The van der Waals surface area contributed by atoms with Crippen LogP contribution in [0, 0.1) is 17.3 Å². The SMILES string of the molecule is CC(C)C(C)C(C)(C)C1=CC=CC1. The molecule has 0 aromatic carbocycles. The highest BCUT2D eigenvalue weighted by Gasteiger charge is 2.31. The third-order valence-corrected chi connectivity index (χ3v) is 3.74. The van der Waals surface area contributed by atoms with Gasteiger partial charge in [0.1, 0.15) is 0 Å². The molecule has 0 fully saturated rings. The van der Waals surface area contributed by atoms with Gasteiger partial charge in [0.05, 0.1) is 0 Å². The molecule has 1 atom stereocenters. The molecule has 0 nitrogen and oxygen atoms in total. The Kier molecular flexibility index (Phi) is 3.00. The van der Waals surface area contributed by atoms with Crippen molar-refractivity contribution in [2.75, 3.05) is 0 Å². The van der Waals surface area contributed by atoms with Crippen LogP contribution in [0.1, 0.15) is 41.0 Å². The summed E-state index contributed by atoms with van der Waals surface area (Å²) in [6.45, 7) is 11.7. The van der Waals surface area contributed by atoms with E-state index in [1.807, 2.05) is 0 Å². The predicted molar refractivity (Wildman–Crippen MR) is 59.6 cm³/mol. The fourth-order valence-corrected chi connectivity index (χ4v) is 2.05. The van der Waals surface area contributed by atoms with Crippen molar-refractivity contribution in [2.24, 2.45) is 17.3 Å². The Balaban J connectivity index is 2.75. The zero-order chi connectivity index (χ0) is 10.1. The Labute approximate surface area is 82.7 Å². The second-order valence-electron chi connectivity index (χ2n) is 5.08. The average molecular weight is 178 g/mol. The van der Waals surface area contributed by atoms with Crippen LogP contribution in [-0.2, 0) is 0 Å². The van der Waals surface area contributed by atoms with Gasteiger partial charge >= 0.3 is 0 Å². The molecule has 1 aliphatic rings. The molecule has 0 heteroatoms. The van der Waals surface area contributed by atoms with Gasteiger partial charge in [-0.2, -0.15) is 0 Å². The third kappa shape index (κ3) is 2.04. The molecule has 13 heavy (non-hydrogen) atoms. The number of hydrogen-bond donors (Lipinski definition) is 0. The topological polar surface area (TPSA) is 0 Å². The minimum Gasteiger partial charge on any atom is -0.0804 e. The first-order valence-corrected chi connectivity index (χ1v) is 5.32. The zero-order valence-corrected chi connectivity index (χ0v) is 9.59. The van der Waals surface area contributed by atoms with E-state index < -0.39 is 0 Å². The highest BCUT2D eigenvalue weighted by molar-refractivity contribution is 5.28. The second kappa shape index (κ2) is 3.69. The lowest BCUT2D eigenvalue weighted by Crippen LogP contribution is -2.27. The summed E-state index contributed by atoms with van der Waals surface area (Å²) in [5, 5.41) is 0. The first kappa shape index (κ1) is 10.6. The van der Waals surface area contributed by atoms with Crippen LogP contribution in [0.25, 0.3) is 0 Å². The first-order chi connectivity index (χ1) is 5.96. The van der Waals surface area contributed by atoms with Crippen molar-refractivity contribution in [2.45, 2.75) is 41.0 Å². The summed E-state index contributed by atoms with van der Waals surface area (Å²) in [6.07, 6.45) is 7.89. The van der Waals surface area contributed by atoms with Crippen LogP contribution in [0.5, 0.6) is 0 Å². The van der Waals surface area contributed by atoms with Crippen LogP contribution in [-0.4, -0.2) is 0 Å². The van der Waals surface area contributed by atoms with E-state index >= 15 is 0 Å². The number of hydrogen-bond acceptors (Lipinski definition) is 0. The molecule has 0 heterocycles. The summed E-state index contributed by atoms with van der Waals surface area (Å²) < 4.78 is 0. The molecule has 1 unspecified atom stereocenters. The Morgan fingerprint density at radius 3 is 2.23 bits per heavy atom. The zero-order valence-electron chi connectivity index (χ0n) is 9.59. The maximum absolute atomic E-state index is 2.37. The quantitative estimate of drug-likeness (QED) is 0.608. The molecule has 0 N–H and O–H groups in total. The molecule has 0 saturated heterocycles. The van der Waals surface area contributed by atoms with Crippen LogP contribution in [0.4, 0.5) is 0 Å². The van der Waals surface area contributed by atoms with Gasteiger partial charge in [0.2, 0.25) is 0 Å². The van der Waals surface area contributed by atoms with Crippen LogP contribution < -0.4 is 0 Å². The molecule has 0 radical (unpaired) electrons. The van der Waals surface area contributed by atoms with Crippen molar-refractivity contribution in [3.05, 3.63) is 23.8 Å². The molecule has 1 aliphatic carbocycles. The predicted octanol–water partition coefficient (Wildman–Crippen LogP) is 4.19. The number of allylic oxidation sites excluding steroid dienone is 4. The largest absolute Gasteiger partial charge is 0.0804 e. The van der Waals surface area contributed by atoms with Gasteiger partial charge in [-0.3, -0.25) is 0 Å². The van der Waals surface area contributed by atoms with Crippen molar-refractivity contribution in [1.82, 2.24) is 0 Å². The summed E-state index contributed by atoms with van der Waals surface area (Å²) >= 11 is 0. The normalized spacial score (nSPS) is 19.4. The molecular weight excluding hydrogens is 156 g/mol. The Bertz CT molecular complexity index is 228. The van der Waals surface area contributed by atoms with E-state index in [1.165, 1.54) is 0 Å². The van der Waals surface area contributed by atoms with Gasteiger partial charge < -0.3 is 0 Å². The van der Waals surface area contributed by atoms with E-state index in [0.717, 1.165) is 18.3 Å². The van der Waals surface area contributed by atoms with Crippen LogP contribution in [0.2, 0.25) is 0 Å². The summed E-state index contributed by atoms with van der Waals surface area (Å²) in [4.78, 5) is 0. The lowest BCUT2D eigenvalue weighted by molar-refractivity contribution is 0.216. The van der Waals surface area contributed by atoms with Crippen molar-refractivity contribution >= 4 is 0 Å². The lowest BCUT2D eigenvalue weighted by atomic mass is 9.69. The van der Waals surface area contributed by atoms with Gasteiger partial charge in [0, 0.05) is 0 Å². The molecular formula is C13H22. The van der Waals surface area contributed by atoms with Crippen molar-refractivity contribution in [1.29, 1.82) is 0 Å². The third-order valence-electron chi connectivity index (χ3n) is 3.74. The van der Waals surface area contributed by atoms with Gasteiger partial charge in [-0.15, -0.1) is 0 Å². The van der Waals surface area contributed by atoms with Crippen LogP contribution in [0.15, 0.2) is 23.8 Å². The Morgan fingerprint density at radius 2 is 1.85 bits per heavy atom. The van der Waals surface area contributed by atoms with E-state index in [9.17, 15) is 0 Å². The highest BCUT2D eigenvalue weighted by Crippen LogP contribution is 2.41. The van der Waals surface area contributed by atoms with Gasteiger partial charge in [-0.1, -0.05) is 58.4 Å². The molecule has 0 spiro atoms. The van der Waals surface area contributed by atoms with E-state index in [1.54, 1.807) is 5.57 Å². The maximum atomic E-state index is 2.37. The van der Waals surface area contributed by atoms with Crippen LogP contribution in [0.3, 0.4) is 0 Å². The van der Waals surface area contributed by atoms with E-state index in [-0.39, 0.29) is 0 Å². The fourth-order valence-electron chi connectivity index (χ4n) is 2.05. The molecule has 0 amide bonds. The van der Waals surface area contributed by atoms with Gasteiger partial charge in [0.15, 0.2) is 0 Å². The fraction of sp³-hybridized carbons (Fsp3) is 0.692. The van der Waals surface area contributed by atoms with Crippen molar-refractivity contribution < 1.29 is 0 Å². The maximum Gasteiger partial charge on any atom is -0.0110 e. The standard InChI is InChI=1S/C13H22/c1-10(2)11(3)13(4,5)12-8-6-7-9-12/h6-8,10-11H,9H2,1-5H3. The van der Waals surface area contributed by atoms with Crippen LogP contribution >= 0.6 is 0 Å². The average Bonchev–Trinajstić information content (AvgIpc) is 2.54. The molecule has 0 aliphatic heterocycles. The lowest BCUT2D eigenvalue weighted by Gasteiger charge is -2.36. The Morgan fingerprint density at radius 1 is 1.23 bits per heavy atom.